The Hall–Kier alpha value is -3.54. The van der Waals surface area contributed by atoms with Crippen LogP contribution in [0.15, 0.2) is 67.1 Å². The second-order valence-electron chi connectivity index (χ2n) is 5.50. The van der Waals surface area contributed by atoms with E-state index in [0.29, 0.717) is 29.1 Å². The fraction of sp³-hybridized carbons (Fsp3) is 0. The molecule has 0 bridgehead atoms. The quantitative estimate of drug-likeness (QED) is 0.579. The lowest BCUT2D eigenvalue weighted by molar-refractivity contribution is -0.105. The summed E-state index contributed by atoms with van der Waals surface area (Å²) >= 11 is 0. The number of fused-ring (bicyclic) bond motifs is 1. The van der Waals surface area contributed by atoms with Gasteiger partial charge < -0.3 is 5.32 Å². The zero-order valence-electron chi connectivity index (χ0n) is 13.1. The lowest BCUT2D eigenvalue weighted by Gasteiger charge is -2.03. The van der Waals surface area contributed by atoms with Gasteiger partial charge in [-0.15, -0.1) is 0 Å². The number of hydrogen-bond donors (Lipinski definition) is 1. The van der Waals surface area contributed by atoms with Crippen LogP contribution in [0.2, 0.25) is 0 Å². The fourth-order valence-electron chi connectivity index (χ4n) is 2.67. The van der Waals surface area contributed by atoms with Gasteiger partial charge in [0.1, 0.15) is 5.82 Å². The predicted molar refractivity (Wildman–Crippen MR) is 93.5 cm³/mol. The van der Waals surface area contributed by atoms with Crippen molar-refractivity contribution in [1.82, 2.24) is 14.4 Å². The molecule has 6 heteroatoms. The van der Waals surface area contributed by atoms with E-state index in [1.54, 1.807) is 22.9 Å². The number of carbonyl (C=O) groups excluding carboxylic acids is 1. The highest BCUT2D eigenvalue weighted by atomic mass is 19.1. The Morgan fingerprint density at radius 2 is 1.88 bits per heavy atom. The van der Waals surface area contributed by atoms with Crippen molar-refractivity contribution in [3.8, 4) is 22.4 Å². The van der Waals surface area contributed by atoms with Gasteiger partial charge in [0, 0.05) is 35.4 Å². The molecule has 0 spiro atoms. The topological polar surface area (TPSA) is 59.3 Å². The number of hydrogen-bond acceptors (Lipinski definition) is 3. The van der Waals surface area contributed by atoms with Crippen molar-refractivity contribution in [1.29, 1.82) is 0 Å². The average molecular weight is 332 g/mol. The molecule has 25 heavy (non-hydrogen) atoms. The highest BCUT2D eigenvalue weighted by molar-refractivity contribution is 5.75. The summed E-state index contributed by atoms with van der Waals surface area (Å²) in [4.78, 5) is 19.3. The van der Waals surface area contributed by atoms with Gasteiger partial charge in [0.15, 0.2) is 0 Å². The summed E-state index contributed by atoms with van der Waals surface area (Å²) in [5, 5.41) is 2.51. The lowest BCUT2D eigenvalue weighted by atomic mass is 10.1. The van der Waals surface area contributed by atoms with Crippen LogP contribution < -0.4 is 5.32 Å². The van der Waals surface area contributed by atoms with E-state index < -0.39 is 5.82 Å². The minimum atomic E-state index is -0.414. The van der Waals surface area contributed by atoms with Gasteiger partial charge in [0.2, 0.25) is 12.2 Å². The molecule has 2 aromatic carbocycles. The van der Waals surface area contributed by atoms with Crippen LogP contribution >= 0.6 is 0 Å². The Morgan fingerprint density at radius 3 is 2.68 bits per heavy atom. The molecule has 0 fully saturated rings. The summed E-state index contributed by atoms with van der Waals surface area (Å²) < 4.78 is 15.9. The van der Waals surface area contributed by atoms with Gasteiger partial charge in [-0.1, -0.05) is 30.3 Å². The van der Waals surface area contributed by atoms with Crippen LogP contribution in [0, 0.1) is 5.82 Å². The minimum absolute atomic E-state index is 0.304. The van der Waals surface area contributed by atoms with Gasteiger partial charge in [0.25, 0.3) is 0 Å². The van der Waals surface area contributed by atoms with E-state index in [-0.39, 0.29) is 0 Å². The SMILES string of the molecule is O=CNc1ccc(F)c(-c2cn3cc(-c4ccccc4)cnc3n2)c1. The van der Waals surface area contributed by atoms with E-state index in [4.69, 9.17) is 0 Å². The average Bonchev–Trinajstić information content (AvgIpc) is 3.07. The van der Waals surface area contributed by atoms with Gasteiger partial charge in [-0.3, -0.25) is 9.20 Å². The van der Waals surface area contributed by atoms with Crippen molar-refractivity contribution >= 4 is 17.9 Å². The number of anilines is 1. The highest BCUT2D eigenvalue weighted by Gasteiger charge is 2.12. The second kappa shape index (κ2) is 6.16. The molecule has 0 aliphatic rings. The van der Waals surface area contributed by atoms with Gasteiger partial charge in [-0.25, -0.2) is 14.4 Å². The van der Waals surface area contributed by atoms with Crippen LogP contribution in [0.4, 0.5) is 10.1 Å². The molecule has 0 saturated carbocycles. The number of benzene rings is 2. The smallest absolute Gasteiger partial charge is 0.234 e. The maximum atomic E-state index is 14.2. The Morgan fingerprint density at radius 1 is 1.04 bits per heavy atom. The molecule has 0 atom stereocenters. The van der Waals surface area contributed by atoms with Crippen molar-refractivity contribution in [3.05, 3.63) is 72.9 Å². The molecule has 0 aliphatic heterocycles. The first-order valence-electron chi connectivity index (χ1n) is 7.65. The van der Waals surface area contributed by atoms with Gasteiger partial charge in [-0.05, 0) is 23.8 Å². The van der Waals surface area contributed by atoms with Crippen LogP contribution in [0.25, 0.3) is 28.2 Å². The highest BCUT2D eigenvalue weighted by Crippen LogP contribution is 2.26. The number of carbonyl (C=O) groups is 1. The van der Waals surface area contributed by atoms with Crippen LogP contribution in [0.1, 0.15) is 0 Å². The number of aromatic nitrogens is 3. The molecular formula is C19H13FN4O. The number of rotatable bonds is 4. The predicted octanol–water partition coefficient (Wildman–Crippen LogP) is 3.77. The molecule has 2 aromatic heterocycles. The number of nitrogens with zero attached hydrogens (tertiary/aromatic N) is 3. The van der Waals surface area contributed by atoms with Crippen LogP contribution in [-0.4, -0.2) is 20.8 Å². The summed E-state index contributed by atoms with van der Waals surface area (Å²) in [6.45, 7) is 0. The molecule has 0 saturated heterocycles. The number of amides is 1. The largest absolute Gasteiger partial charge is 0.329 e. The Balaban J connectivity index is 1.79. The molecule has 2 heterocycles. The maximum Gasteiger partial charge on any atom is 0.234 e. The van der Waals surface area contributed by atoms with Gasteiger partial charge in [-0.2, -0.15) is 0 Å². The first kappa shape index (κ1) is 15.0. The molecule has 5 nitrogen and oxygen atoms in total. The van der Waals surface area contributed by atoms with Crippen molar-refractivity contribution in [2.24, 2.45) is 0 Å². The van der Waals surface area contributed by atoms with Crippen molar-refractivity contribution in [2.75, 3.05) is 5.32 Å². The summed E-state index contributed by atoms with van der Waals surface area (Å²) in [6.07, 6.45) is 5.91. The third-order valence-corrected chi connectivity index (χ3v) is 3.89. The molecule has 122 valence electrons. The van der Waals surface area contributed by atoms with Crippen molar-refractivity contribution in [2.45, 2.75) is 0 Å². The van der Waals surface area contributed by atoms with E-state index in [9.17, 15) is 9.18 Å². The minimum Gasteiger partial charge on any atom is -0.329 e. The molecule has 4 rings (SSSR count). The third-order valence-electron chi connectivity index (χ3n) is 3.89. The van der Waals surface area contributed by atoms with E-state index in [0.717, 1.165) is 11.1 Å². The van der Waals surface area contributed by atoms with E-state index in [1.165, 1.54) is 12.1 Å². The summed E-state index contributed by atoms with van der Waals surface area (Å²) in [7, 11) is 0. The standard InChI is InChI=1S/C19H13FN4O/c20-17-7-6-15(22-12-25)8-16(17)18-11-24-10-14(9-21-19(24)23-18)13-4-2-1-3-5-13/h1-12H,(H,22,25). The zero-order chi connectivity index (χ0) is 17.2. The zero-order valence-corrected chi connectivity index (χ0v) is 13.1. The van der Waals surface area contributed by atoms with Crippen molar-refractivity contribution in [3.63, 3.8) is 0 Å². The van der Waals surface area contributed by atoms with Gasteiger partial charge in [0.05, 0.1) is 5.69 Å². The summed E-state index contributed by atoms with van der Waals surface area (Å²) in [6, 6.07) is 14.2. The molecule has 4 aromatic rings. The third kappa shape index (κ3) is 2.85. The van der Waals surface area contributed by atoms with Gasteiger partial charge >= 0.3 is 0 Å². The maximum absolute atomic E-state index is 14.2. The molecular weight excluding hydrogens is 319 g/mol. The van der Waals surface area contributed by atoms with E-state index >= 15 is 0 Å². The lowest BCUT2D eigenvalue weighted by Crippen LogP contribution is -1.95. The van der Waals surface area contributed by atoms with Crippen LogP contribution in [0.3, 0.4) is 0 Å². The van der Waals surface area contributed by atoms with Crippen LogP contribution in [-0.2, 0) is 4.79 Å². The summed E-state index contributed by atoms with van der Waals surface area (Å²) in [5.74, 6) is 0.0611. The van der Waals surface area contributed by atoms with Crippen molar-refractivity contribution < 1.29 is 9.18 Å². The molecule has 0 aliphatic carbocycles. The first-order chi connectivity index (χ1) is 12.2. The molecule has 1 amide bonds. The van der Waals surface area contributed by atoms with Crippen LogP contribution in [0.5, 0.6) is 0 Å². The second-order valence-corrected chi connectivity index (χ2v) is 5.50. The van der Waals surface area contributed by atoms with E-state index in [1.807, 2.05) is 36.5 Å². The molecule has 0 radical (unpaired) electrons. The molecule has 1 N–H and O–H groups in total. The Labute approximate surface area is 142 Å². The normalized spacial score (nSPS) is 10.8. The Kier molecular flexibility index (Phi) is 3.70. The van der Waals surface area contributed by atoms with E-state index in [2.05, 4.69) is 15.3 Å². The fourth-order valence-corrected chi connectivity index (χ4v) is 2.67. The number of imidazole rings is 1. The Bertz CT molecular complexity index is 1060. The number of halogens is 1. The molecule has 0 unspecified atom stereocenters. The first-order valence-corrected chi connectivity index (χ1v) is 7.65. The monoisotopic (exact) mass is 332 g/mol. The number of nitrogens with one attached hydrogen (secondary N) is 1. The summed E-state index contributed by atoms with van der Waals surface area (Å²) in [5.41, 5.74) is 3.23.